The molecule has 7 heteroatoms. The lowest BCUT2D eigenvalue weighted by Crippen LogP contribution is -2.32. The van der Waals surface area contributed by atoms with Crippen molar-refractivity contribution in [2.75, 3.05) is 12.9 Å². The van der Waals surface area contributed by atoms with Crippen molar-refractivity contribution in [2.24, 2.45) is 0 Å². The van der Waals surface area contributed by atoms with E-state index in [0.717, 1.165) is 27.7 Å². The topological polar surface area (TPSA) is 73.2 Å². The van der Waals surface area contributed by atoms with E-state index in [1.54, 1.807) is 23.4 Å². The lowest BCUT2D eigenvalue weighted by molar-refractivity contribution is -0.121. The fraction of sp³-hybridized carbons (Fsp3) is 0.421. The van der Waals surface area contributed by atoms with E-state index in [1.807, 2.05) is 38.1 Å². The molecule has 3 rings (SSSR count). The van der Waals surface area contributed by atoms with Crippen LogP contribution in [0.3, 0.4) is 0 Å². The van der Waals surface area contributed by atoms with Crippen molar-refractivity contribution in [3.8, 4) is 5.75 Å². The van der Waals surface area contributed by atoms with Crippen LogP contribution in [-0.4, -0.2) is 28.3 Å². The molecular formula is C19H23N3O3S. The molecular weight excluding hydrogens is 350 g/mol. The number of aryl methyl sites for hydroxylation is 1. The average molecular weight is 373 g/mol. The third kappa shape index (κ3) is 3.77. The van der Waals surface area contributed by atoms with E-state index in [9.17, 15) is 9.59 Å². The van der Waals surface area contributed by atoms with Gasteiger partial charge in [-0.05, 0) is 31.0 Å². The number of carbonyl (C=O) groups is 1. The van der Waals surface area contributed by atoms with Crippen LogP contribution in [-0.2, 0) is 17.8 Å². The highest BCUT2D eigenvalue weighted by molar-refractivity contribution is 7.99. The molecule has 1 aliphatic rings. The maximum absolute atomic E-state index is 12.7. The van der Waals surface area contributed by atoms with E-state index in [2.05, 4.69) is 10.3 Å². The molecule has 0 spiro atoms. The quantitative estimate of drug-likeness (QED) is 0.788. The number of amides is 1. The van der Waals surface area contributed by atoms with Crippen LogP contribution >= 0.6 is 11.8 Å². The van der Waals surface area contributed by atoms with Gasteiger partial charge in [0.1, 0.15) is 5.75 Å². The number of fused-ring (bicyclic) bond motifs is 1. The zero-order valence-corrected chi connectivity index (χ0v) is 16.1. The van der Waals surface area contributed by atoms with Crippen LogP contribution in [0.4, 0.5) is 0 Å². The molecule has 26 heavy (non-hydrogen) atoms. The Bertz CT molecular complexity index is 879. The summed E-state index contributed by atoms with van der Waals surface area (Å²) in [5.74, 6) is 1.39. The van der Waals surface area contributed by atoms with Gasteiger partial charge < -0.3 is 10.1 Å². The van der Waals surface area contributed by atoms with Crippen molar-refractivity contribution in [1.29, 1.82) is 0 Å². The molecule has 0 bridgehead atoms. The molecule has 1 aromatic carbocycles. The number of hydrogen-bond donors (Lipinski definition) is 1. The number of nitrogens with one attached hydrogen (secondary N) is 1. The van der Waals surface area contributed by atoms with Crippen molar-refractivity contribution >= 4 is 17.7 Å². The Hall–Kier alpha value is -2.28. The fourth-order valence-electron chi connectivity index (χ4n) is 3.15. The molecule has 2 heterocycles. The molecule has 1 N–H and O–H groups in total. The monoisotopic (exact) mass is 373 g/mol. The van der Waals surface area contributed by atoms with Crippen molar-refractivity contribution in [1.82, 2.24) is 14.9 Å². The second kappa shape index (κ2) is 7.95. The average Bonchev–Trinajstić information content (AvgIpc) is 3.03. The van der Waals surface area contributed by atoms with E-state index >= 15 is 0 Å². The molecule has 0 radical (unpaired) electrons. The second-order valence-electron chi connectivity index (χ2n) is 6.28. The van der Waals surface area contributed by atoms with Gasteiger partial charge in [-0.3, -0.25) is 14.2 Å². The molecule has 0 fully saturated rings. The van der Waals surface area contributed by atoms with Crippen LogP contribution in [0, 0.1) is 6.92 Å². The van der Waals surface area contributed by atoms with E-state index < -0.39 is 0 Å². The molecule has 1 amide bonds. The van der Waals surface area contributed by atoms with Gasteiger partial charge in [0.2, 0.25) is 5.91 Å². The molecule has 2 aromatic rings. The Labute approximate surface area is 157 Å². The Balaban J connectivity index is 1.68. The largest absolute Gasteiger partial charge is 0.497 e. The minimum absolute atomic E-state index is 0.00871. The van der Waals surface area contributed by atoms with Gasteiger partial charge in [0.25, 0.3) is 5.56 Å². The molecule has 6 nitrogen and oxygen atoms in total. The summed E-state index contributed by atoms with van der Waals surface area (Å²) in [4.78, 5) is 29.6. The molecule has 0 saturated carbocycles. The number of aromatic nitrogens is 2. The number of carbonyl (C=O) groups excluding carboxylic acids is 1. The number of methoxy groups -OCH3 is 1. The van der Waals surface area contributed by atoms with Gasteiger partial charge in [-0.1, -0.05) is 30.8 Å². The Morgan fingerprint density at radius 1 is 1.46 bits per heavy atom. The first kappa shape index (κ1) is 18.5. The third-order valence-corrected chi connectivity index (χ3v) is 5.65. The van der Waals surface area contributed by atoms with Gasteiger partial charge in [-0.2, -0.15) is 0 Å². The highest BCUT2D eigenvalue weighted by Crippen LogP contribution is 2.32. The lowest BCUT2D eigenvalue weighted by Gasteiger charge is -2.15. The summed E-state index contributed by atoms with van der Waals surface area (Å²) >= 11 is 1.54. The van der Waals surface area contributed by atoms with Crippen molar-refractivity contribution in [2.45, 2.75) is 44.4 Å². The molecule has 1 atom stereocenters. The van der Waals surface area contributed by atoms with Crippen LogP contribution in [0.1, 0.15) is 36.2 Å². The van der Waals surface area contributed by atoms with Crippen molar-refractivity contribution < 1.29 is 9.53 Å². The van der Waals surface area contributed by atoms with Crippen molar-refractivity contribution in [3.05, 3.63) is 51.4 Å². The van der Waals surface area contributed by atoms with Crippen LogP contribution in [0.25, 0.3) is 0 Å². The molecule has 1 aliphatic heterocycles. The normalized spacial score (nSPS) is 15.6. The number of hydrogen-bond acceptors (Lipinski definition) is 5. The zero-order valence-electron chi connectivity index (χ0n) is 15.2. The van der Waals surface area contributed by atoms with Crippen LogP contribution in [0.5, 0.6) is 5.75 Å². The van der Waals surface area contributed by atoms with E-state index in [0.29, 0.717) is 18.7 Å². The van der Waals surface area contributed by atoms with Crippen LogP contribution < -0.4 is 15.6 Å². The Kier molecular flexibility index (Phi) is 5.66. The van der Waals surface area contributed by atoms with Gasteiger partial charge >= 0.3 is 0 Å². The zero-order chi connectivity index (χ0) is 18.7. The third-order valence-electron chi connectivity index (χ3n) is 4.55. The second-order valence-corrected chi connectivity index (χ2v) is 7.27. The molecule has 1 aromatic heterocycles. The number of ether oxygens (including phenoxy) is 1. The summed E-state index contributed by atoms with van der Waals surface area (Å²) < 4.78 is 6.89. The first-order chi connectivity index (χ1) is 12.5. The number of thioether (sulfide) groups is 1. The lowest BCUT2D eigenvalue weighted by atomic mass is 10.1. The molecule has 0 aliphatic carbocycles. The summed E-state index contributed by atoms with van der Waals surface area (Å²) in [6.45, 7) is 4.26. The van der Waals surface area contributed by atoms with Gasteiger partial charge in [0.05, 0.1) is 13.2 Å². The summed E-state index contributed by atoms with van der Waals surface area (Å²) in [6, 6.07) is 7.44. The minimum atomic E-state index is -0.147. The van der Waals surface area contributed by atoms with Crippen molar-refractivity contribution in [3.63, 3.8) is 0 Å². The number of nitrogens with zero attached hydrogens (tertiary/aromatic N) is 2. The molecule has 0 saturated heterocycles. The maximum Gasteiger partial charge on any atom is 0.257 e. The smallest absolute Gasteiger partial charge is 0.257 e. The molecule has 138 valence electrons. The van der Waals surface area contributed by atoms with Gasteiger partial charge in [-0.15, -0.1) is 0 Å². The van der Waals surface area contributed by atoms with E-state index in [-0.39, 0.29) is 23.9 Å². The Morgan fingerprint density at radius 3 is 3.00 bits per heavy atom. The maximum atomic E-state index is 12.7. The van der Waals surface area contributed by atoms with E-state index in [4.69, 9.17) is 4.74 Å². The van der Waals surface area contributed by atoms with E-state index in [1.165, 1.54) is 0 Å². The predicted molar refractivity (Wildman–Crippen MR) is 102 cm³/mol. The van der Waals surface area contributed by atoms with Crippen LogP contribution in [0.2, 0.25) is 0 Å². The number of benzene rings is 1. The van der Waals surface area contributed by atoms with Gasteiger partial charge in [0.15, 0.2) is 5.16 Å². The SMILES string of the molecule is CCc1c(C)nc2n(c1=O)C(CC(=O)NCc1cccc(OC)c1)CS2. The van der Waals surface area contributed by atoms with Crippen LogP contribution in [0.15, 0.2) is 34.2 Å². The highest BCUT2D eigenvalue weighted by atomic mass is 32.2. The molecule has 1 unspecified atom stereocenters. The van der Waals surface area contributed by atoms with Gasteiger partial charge in [0, 0.05) is 30.0 Å². The summed E-state index contributed by atoms with van der Waals surface area (Å²) in [6.07, 6.45) is 0.926. The standard InChI is InChI=1S/C19H23N3O3S/c1-4-16-12(2)21-19-22(18(16)24)14(11-26-19)9-17(23)20-10-13-6-5-7-15(8-13)25-3/h5-8,14H,4,9-11H2,1-3H3,(H,20,23). The Morgan fingerprint density at radius 2 is 2.27 bits per heavy atom. The first-order valence-electron chi connectivity index (χ1n) is 8.68. The summed E-state index contributed by atoms with van der Waals surface area (Å²) in [7, 11) is 1.62. The summed E-state index contributed by atoms with van der Waals surface area (Å²) in [5.41, 5.74) is 2.49. The minimum Gasteiger partial charge on any atom is -0.497 e. The highest BCUT2D eigenvalue weighted by Gasteiger charge is 2.28. The number of rotatable bonds is 6. The van der Waals surface area contributed by atoms with Gasteiger partial charge in [-0.25, -0.2) is 4.98 Å². The predicted octanol–water partition coefficient (Wildman–Crippen LogP) is 2.48. The first-order valence-corrected chi connectivity index (χ1v) is 9.66. The fourth-order valence-corrected chi connectivity index (χ4v) is 4.33. The summed E-state index contributed by atoms with van der Waals surface area (Å²) in [5, 5.41) is 3.65.